The second-order valence-corrected chi connectivity index (χ2v) is 5.31. The summed E-state index contributed by atoms with van der Waals surface area (Å²) in [5.74, 6) is -0.379. The second-order valence-electron chi connectivity index (χ2n) is 4.88. The first-order valence-electron chi connectivity index (χ1n) is 6.56. The third kappa shape index (κ3) is 3.91. The molecule has 2 aromatic carbocycles. The molecule has 0 aliphatic heterocycles. The fourth-order valence-electron chi connectivity index (χ4n) is 2.13. The van der Waals surface area contributed by atoms with E-state index in [1.807, 2.05) is 31.2 Å². The molecule has 0 spiro atoms. The second kappa shape index (κ2) is 6.67. The molecule has 0 saturated carbocycles. The van der Waals surface area contributed by atoms with E-state index in [1.54, 1.807) is 12.1 Å². The van der Waals surface area contributed by atoms with Crippen molar-refractivity contribution in [1.82, 2.24) is 0 Å². The third-order valence-electron chi connectivity index (χ3n) is 3.34. The summed E-state index contributed by atoms with van der Waals surface area (Å²) in [6.07, 6.45) is 1.24. The molecule has 0 N–H and O–H groups in total. The fraction of sp³-hybridized carbons (Fsp3) is 0.235. The van der Waals surface area contributed by atoms with Gasteiger partial charge < -0.3 is 0 Å². The lowest BCUT2D eigenvalue weighted by Crippen LogP contribution is -2.06. The van der Waals surface area contributed by atoms with Crippen LogP contribution in [0.25, 0.3) is 0 Å². The fourth-order valence-corrected chi connectivity index (χ4v) is 2.29. The lowest BCUT2D eigenvalue weighted by atomic mass is 9.99. The normalized spacial score (nSPS) is 10.6. The quantitative estimate of drug-likeness (QED) is 0.790. The van der Waals surface area contributed by atoms with Crippen molar-refractivity contribution in [3.63, 3.8) is 0 Å². The van der Waals surface area contributed by atoms with Crippen LogP contribution in [0.15, 0.2) is 42.5 Å². The first-order valence-corrected chi connectivity index (χ1v) is 6.94. The van der Waals surface area contributed by atoms with E-state index in [-0.39, 0.29) is 12.2 Å². The highest BCUT2D eigenvalue weighted by Crippen LogP contribution is 2.16. The van der Waals surface area contributed by atoms with E-state index in [0.29, 0.717) is 23.4 Å². The Kier molecular flexibility index (Phi) is 4.91. The number of aryl methyl sites for hydroxylation is 2. The van der Waals surface area contributed by atoms with E-state index >= 15 is 0 Å². The van der Waals surface area contributed by atoms with Crippen LogP contribution >= 0.6 is 11.6 Å². The molecule has 1 nitrogen and oxygen atoms in total. The van der Waals surface area contributed by atoms with Gasteiger partial charge >= 0.3 is 0 Å². The van der Waals surface area contributed by atoms with Crippen LogP contribution in [0.3, 0.4) is 0 Å². The number of benzene rings is 2. The minimum absolute atomic E-state index is 0.0366. The maximum absolute atomic E-state index is 13.6. The lowest BCUT2D eigenvalue weighted by Gasteiger charge is -2.06. The van der Waals surface area contributed by atoms with Gasteiger partial charge in [0.1, 0.15) is 11.6 Å². The predicted molar refractivity (Wildman–Crippen MR) is 79.6 cm³/mol. The Balaban J connectivity index is 1.94. The zero-order valence-corrected chi connectivity index (χ0v) is 12.1. The Bertz CT molecular complexity index is 622. The van der Waals surface area contributed by atoms with Crippen molar-refractivity contribution in [2.75, 3.05) is 0 Å². The Hall–Kier alpha value is -1.67. The average Bonchev–Trinajstić information content (AvgIpc) is 2.41. The molecule has 0 atom stereocenters. The molecule has 0 aliphatic rings. The van der Waals surface area contributed by atoms with Gasteiger partial charge in [-0.2, -0.15) is 0 Å². The zero-order valence-electron chi connectivity index (χ0n) is 11.3. The standard InChI is InChI=1S/C17H16ClFO/c1-12-4-2-3-5-13(12)7-9-16(20)10-14-6-8-15(18)11-17(14)19/h2-6,8,11H,7,9-10H2,1H3. The van der Waals surface area contributed by atoms with Crippen LogP contribution in [0, 0.1) is 12.7 Å². The van der Waals surface area contributed by atoms with Crippen molar-refractivity contribution < 1.29 is 9.18 Å². The van der Waals surface area contributed by atoms with E-state index < -0.39 is 5.82 Å². The molecule has 2 aromatic rings. The van der Waals surface area contributed by atoms with Crippen molar-refractivity contribution in [3.8, 4) is 0 Å². The smallest absolute Gasteiger partial charge is 0.137 e. The molecule has 0 amide bonds. The minimum atomic E-state index is -0.415. The maximum Gasteiger partial charge on any atom is 0.137 e. The van der Waals surface area contributed by atoms with Crippen molar-refractivity contribution in [2.24, 2.45) is 0 Å². The van der Waals surface area contributed by atoms with Crippen molar-refractivity contribution in [3.05, 3.63) is 70.0 Å². The first kappa shape index (κ1) is 14.7. The van der Waals surface area contributed by atoms with Crippen LogP contribution < -0.4 is 0 Å². The number of hydrogen-bond donors (Lipinski definition) is 0. The molecule has 0 fully saturated rings. The highest BCUT2D eigenvalue weighted by molar-refractivity contribution is 6.30. The van der Waals surface area contributed by atoms with Crippen LogP contribution in [0.5, 0.6) is 0 Å². The monoisotopic (exact) mass is 290 g/mol. The van der Waals surface area contributed by atoms with Gasteiger partial charge in [-0.3, -0.25) is 4.79 Å². The van der Waals surface area contributed by atoms with Gasteiger partial charge in [-0.25, -0.2) is 4.39 Å². The van der Waals surface area contributed by atoms with E-state index in [2.05, 4.69) is 0 Å². The van der Waals surface area contributed by atoms with E-state index in [1.165, 1.54) is 11.6 Å². The zero-order chi connectivity index (χ0) is 14.5. The number of ketones is 1. The predicted octanol–water partition coefficient (Wildman–Crippen LogP) is 4.53. The van der Waals surface area contributed by atoms with Crippen molar-refractivity contribution in [1.29, 1.82) is 0 Å². The van der Waals surface area contributed by atoms with Gasteiger partial charge in [-0.05, 0) is 42.2 Å². The topological polar surface area (TPSA) is 17.1 Å². The summed E-state index contributed by atoms with van der Waals surface area (Å²) in [6.45, 7) is 2.03. The van der Waals surface area contributed by atoms with Gasteiger partial charge in [0, 0.05) is 17.9 Å². The van der Waals surface area contributed by atoms with Gasteiger partial charge in [0.05, 0.1) is 0 Å². The highest BCUT2D eigenvalue weighted by atomic mass is 35.5. The number of rotatable bonds is 5. The van der Waals surface area contributed by atoms with Gasteiger partial charge in [-0.15, -0.1) is 0 Å². The lowest BCUT2D eigenvalue weighted by molar-refractivity contribution is -0.118. The SMILES string of the molecule is Cc1ccccc1CCC(=O)Cc1ccc(Cl)cc1F. The Morgan fingerprint density at radius 1 is 1.15 bits per heavy atom. The van der Waals surface area contributed by atoms with Gasteiger partial charge in [-0.1, -0.05) is 41.9 Å². The molecule has 0 unspecified atom stereocenters. The Morgan fingerprint density at radius 2 is 1.90 bits per heavy atom. The number of halogens is 2. The molecule has 0 saturated heterocycles. The van der Waals surface area contributed by atoms with Crippen LogP contribution in [-0.2, 0) is 17.6 Å². The first-order chi connectivity index (χ1) is 9.56. The summed E-state index contributed by atoms with van der Waals surface area (Å²) >= 11 is 5.69. The molecule has 0 aliphatic carbocycles. The average molecular weight is 291 g/mol. The summed E-state index contributed by atoms with van der Waals surface area (Å²) in [6, 6.07) is 12.4. The van der Waals surface area contributed by atoms with E-state index in [0.717, 1.165) is 5.56 Å². The van der Waals surface area contributed by atoms with Gasteiger partial charge in [0.15, 0.2) is 0 Å². The van der Waals surface area contributed by atoms with Crippen molar-refractivity contribution in [2.45, 2.75) is 26.2 Å². The summed E-state index contributed by atoms with van der Waals surface area (Å²) in [5.41, 5.74) is 2.75. The molecule has 0 aromatic heterocycles. The van der Waals surface area contributed by atoms with Crippen LogP contribution in [0.4, 0.5) is 4.39 Å². The molecule has 20 heavy (non-hydrogen) atoms. The largest absolute Gasteiger partial charge is 0.299 e. The molecule has 2 rings (SSSR count). The van der Waals surface area contributed by atoms with Crippen molar-refractivity contribution >= 4 is 17.4 Å². The molecule has 0 heterocycles. The van der Waals surface area contributed by atoms with Gasteiger partial charge in [0.25, 0.3) is 0 Å². The van der Waals surface area contributed by atoms with Crippen LogP contribution in [0.2, 0.25) is 5.02 Å². The Morgan fingerprint density at radius 3 is 2.60 bits per heavy atom. The summed E-state index contributed by atoms with van der Waals surface area (Å²) in [4.78, 5) is 11.9. The number of carbonyl (C=O) groups excluding carboxylic acids is 1. The highest BCUT2D eigenvalue weighted by Gasteiger charge is 2.09. The van der Waals surface area contributed by atoms with Gasteiger partial charge in [0.2, 0.25) is 0 Å². The molecule has 0 radical (unpaired) electrons. The summed E-state index contributed by atoms with van der Waals surface area (Å²) in [7, 11) is 0. The summed E-state index contributed by atoms with van der Waals surface area (Å²) < 4.78 is 13.6. The molecule has 3 heteroatoms. The minimum Gasteiger partial charge on any atom is -0.299 e. The Labute approximate surface area is 123 Å². The molecule has 0 bridgehead atoms. The number of carbonyl (C=O) groups is 1. The maximum atomic E-state index is 13.6. The van der Waals surface area contributed by atoms with Crippen LogP contribution in [-0.4, -0.2) is 5.78 Å². The number of Topliss-reactive ketones (excluding diaryl/α,β-unsaturated/α-hetero) is 1. The summed E-state index contributed by atoms with van der Waals surface area (Å²) in [5, 5.41) is 0.346. The van der Waals surface area contributed by atoms with E-state index in [9.17, 15) is 9.18 Å². The molecular formula is C17H16ClFO. The van der Waals surface area contributed by atoms with E-state index in [4.69, 9.17) is 11.6 Å². The van der Waals surface area contributed by atoms with Crippen LogP contribution in [0.1, 0.15) is 23.1 Å². The third-order valence-corrected chi connectivity index (χ3v) is 3.57. The molecular weight excluding hydrogens is 275 g/mol. The number of hydrogen-bond acceptors (Lipinski definition) is 1. The molecule has 104 valence electrons.